The van der Waals surface area contributed by atoms with Crippen molar-refractivity contribution < 1.29 is 4.74 Å². The number of nitrogens with zero attached hydrogens (tertiary/aromatic N) is 2. The van der Waals surface area contributed by atoms with E-state index < -0.39 is 0 Å². The van der Waals surface area contributed by atoms with Crippen LogP contribution in [0.1, 0.15) is 55.2 Å². The predicted molar refractivity (Wildman–Crippen MR) is 83.2 cm³/mol. The molecule has 3 rings (SSSR count). The Kier molecular flexibility index (Phi) is 3.86. The molecule has 0 radical (unpaired) electrons. The fourth-order valence-corrected chi connectivity index (χ4v) is 5.14. The normalized spacial score (nSPS) is 31.9. The van der Waals surface area contributed by atoms with Crippen LogP contribution in [-0.4, -0.2) is 33.5 Å². The summed E-state index contributed by atoms with van der Waals surface area (Å²) in [5.41, 5.74) is 9.74. The Morgan fingerprint density at radius 3 is 2.90 bits per heavy atom. The standard InChI is InChI=1S/C15H25N3OS/c1-10(16)14-11(2)17-18(12(14)3)13-4-6-19-15(8-13)5-7-20-9-15/h10,13H,4-9,16H2,1-3H3. The third kappa shape index (κ3) is 2.40. The number of hydrogen-bond acceptors (Lipinski definition) is 4. The average Bonchev–Trinajstić information content (AvgIpc) is 2.95. The number of ether oxygens (including phenoxy) is 1. The molecule has 5 heteroatoms. The van der Waals surface area contributed by atoms with E-state index >= 15 is 0 Å². The van der Waals surface area contributed by atoms with Gasteiger partial charge in [-0.15, -0.1) is 0 Å². The second-order valence-electron chi connectivity index (χ2n) is 6.30. The van der Waals surface area contributed by atoms with E-state index in [4.69, 9.17) is 15.6 Å². The van der Waals surface area contributed by atoms with Gasteiger partial charge >= 0.3 is 0 Å². The second kappa shape index (κ2) is 5.35. The molecular weight excluding hydrogens is 270 g/mol. The molecule has 1 spiro atoms. The van der Waals surface area contributed by atoms with Gasteiger partial charge in [-0.2, -0.15) is 16.9 Å². The van der Waals surface area contributed by atoms with Crippen molar-refractivity contribution in [2.75, 3.05) is 18.1 Å². The first-order chi connectivity index (χ1) is 9.52. The molecule has 0 saturated carbocycles. The van der Waals surface area contributed by atoms with Gasteiger partial charge in [-0.05, 0) is 45.8 Å². The summed E-state index contributed by atoms with van der Waals surface area (Å²) >= 11 is 2.02. The molecule has 3 heterocycles. The molecule has 20 heavy (non-hydrogen) atoms. The van der Waals surface area contributed by atoms with Crippen molar-refractivity contribution in [3.8, 4) is 0 Å². The molecule has 0 amide bonds. The third-order valence-electron chi connectivity index (χ3n) is 4.72. The molecule has 2 fully saturated rings. The first-order valence-corrected chi connectivity index (χ1v) is 8.71. The number of thioether (sulfide) groups is 1. The van der Waals surface area contributed by atoms with Crippen molar-refractivity contribution in [2.45, 2.75) is 57.7 Å². The van der Waals surface area contributed by atoms with Gasteiger partial charge in [0.25, 0.3) is 0 Å². The van der Waals surface area contributed by atoms with Gasteiger partial charge in [-0.25, -0.2) is 0 Å². The maximum atomic E-state index is 6.12. The number of aromatic nitrogens is 2. The summed E-state index contributed by atoms with van der Waals surface area (Å²) in [6.07, 6.45) is 3.35. The quantitative estimate of drug-likeness (QED) is 0.911. The van der Waals surface area contributed by atoms with Crippen LogP contribution in [0.25, 0.3) is 0 Å². The van der Waals surface area contributed by atoms with Crippen molar-refractivity contribution in [3.63, 3.8) is 0 Å². The molecule has 0 bridgehead atoms. The zero-order valence-corrected chi connectivity index (χ0v) is 13.5. The highest BCUT2D eigenvalue weighted by atomic mass is 32.2. The molecule has 0 aromatic carbocycles. The van der Waals surface area contributed by atoms with E-state index in [2.05, 4.69) is 18.5 Å². The molecule has 2 aliphatic heterocycles. The minimum Gasteiger partial charge on any atom is -0.374 e. The van der Waals surface area contributed by atoms with Crippen molar-refractivity contribution in [3.05, 3.63) is 17.0 Å². The minimum absolute atomic E-state index is 0.0552. The van der Waals surface area contributed by atoms with Gasteiger partial charge in [0, 0.05) is 29.7 Å². The van der Waals surface area contributed by atoms with E-state index in [0.29, 0.717) is 6.04 Å². The van der Waals surface area contributed by atoms with Crippen molar-refractivity contribution in [1.82, 2.24) is 9.78 Å². The molecule has 1 aromatic heterocycles. The van der Waals surface area contributed by atoms with E-state index in [0.717, 1.165) is 30.9 Å². The summed E-state index contributed by atoms with van der Waals surface area (Å²) in [6.45, 7) is 7.13. The Bertz CT molecular complexity index is 492. The molecule has 1 aromatic rings. The zero-order valence-electron chi connectivity index (χ0n) is 12.7. The Morgan fingerprint density at radius 2 is 2.30 bits per heavy atom. The average molecular weight is 295 g/mol. The number of nitrogens with two attached hydrogens (primary N) is 1. The Labute approximate surface area is 125 Å². The SMILES string of the molecule is Cc1nn(C2CCOC3(CCSC3)C2)c(C)c1C(C)N. The van der Waals surface area contributed by atoms with Gasteiger partial charge in [0.15, 0.2) is 0 Å². The molecule has 2 N–H and O–H groups in total. The molecular formula is C15H25N3OS. The maximum absolute atomic E-state index is 6.12. The van der Waals surface area contributed by atoms with E-state index in [1.54, 1.807) is 0 Å². The van der Waals surface area contributed by atoms with Gasteiger partial charge in [0.1, 0.15) is 0 Å². The van der Waals surface area contributed by atoms with Gasteiger partial charge in [-0.3, -0.25) is 4.68 Å². The smallest absolute Gasteiger partial charge is 0.0800 e. The first-order valence-electron chi connectivity index (χ1n) is 7.55. The zero-order chi connectivity index (χ0) is 14.3. The van der Waals surface area contributed by atoms with Gasteiger partial charge in [0.2, 0.25) is 0 Å². The summed E-state index contributed by atoms with van der Waals surface area (Å²) in [4.78, 5) is 0. The molecule has 0 aliphatic carbocycles. The maximum Gasteiger partial charge on any atom is 0.0800 e. The largest absolute Gasteiger partial charge is 0.374 e. The van der Waals surface area contributed by atoms with Crippen LogP contribution in [0.4, 0.5) is 0 Å². The topological polar surface area (TPSA) is 53.1 Å². The summed E-state index contributed by atoms with van der Waals surface area (Å²) < 4.78 is 8.34. The first kappa shape index (κ1) is 14.4. The highest BCUT2D eigenvalue weighted by Crippen LogP contribution is 2.42. The van der Waals surface area contributed by atoms with Crippen molar-refractivity contribution in [2.24, 2.45) is 5.73 Å². The van der Waals surface area contributed by atoms with E-state index in [9.17, 15) is 0 Å². The van der Waals surface area contributed by atoms with Crippen LogP contribution in [0.2, 0.25) is 0 Å². The number of hydrogen-bond donors (Lipinski definition) is 1. The second-order valence-corrected chi connectivity index (χ2v) is 7.40. The lowest BCUT2D eigenvalue weighted by Gasteiger charge is -2.38. The molecule has 4 nitrogen and oxygen atoms in total. The Morgan fingerprint density at radius 1 is 1.50 bits per heavy atom. The minimum atomic E-state index is 0.0552. The summed E-state index contributed by atoms with van der Waals surface area (Å²) in [5.74, 6) is 2.37. The van der Waals surface area contributed by atoms with E-state index in [1.165, 1.54) is 23.4 Å². The van der Waals surface area contributed by atoms with Crippen molar-refractivity contribution in [1.29, 1.82) is 0 Å². The Balaban J connectivity index is 1.87. The fourth-order valence-electron chi connectivity index (χ4n) is 3.76. The molecule has 3 unspecified atom stereocenters. The van der Waals surface area contributed by atoms with Crippen LogP contribution >= 0.6 is 11.8 Å². The van der Waals surface area contributed by atoms with Gasteiger partial charge in [-0.1, -0.05) is 0 Å². The lowest BCUT2D eigenvalue weighted by molar-refractivity contribution is -0.0781. The van der Waals surface area contributed by atoms with Crippen molar-refractivity contribution >= 4 is 11.8 Å². The van der Waals surface area contributed by atoms with Crippen LogP contribution < -0.4 is 5.73 Å². The Hall–Kier alpha value is -0.520. The molecule has 3 atom stereocenters. The summed E-state index contributed by atoms with van der Waals surface area (Å²) in [6, 6.07) is 0.522. The summed E-state index contributed by atoms with van der Waals surface area (Å²) in [7, 11) is 0. The third-order valence-corrected chi connectivity index (χ3v) is 5.94. The predicted octanol–water partition coefficient (Wildman–Crippen LogP) is 2.75. The number of aryl methyl sites for hydroxylation is 1. The lowest BCUT2D eigenvalue weighted by atomic mass is 9.90. The van der Waals surface area contributed by atoms with E-state index in [-0.39, 0.29) is 11.6 Å². The summed E-state index contributed by atoms with van der Waals surface area (Å²) in [5, 5.41) is 4.78. The van der Waals surface area contributed by atoms with Crippen LogP contribution in [-0.2, 0) is 4.74 Å². The van der Waals surface area contributed by atoms with Crippen LogP contribution in [0.5, 0.6) is 0 Å². The van der Waals surface area contributed by atoms with Gasteiger partial charge < -0.3 is 10.5 Å². The molecule has 112 valence electrons. The van der Waals surface area contributed by atoms with Crippen LogP contribution in [0, 0.1) is 13.8 Å². The van der Waals surface area contributed by atoms with Crippen LogP contribution in [0.15, 0.2) is 0 Å². The number of rotatable bonds is 2. The highest BCUT2D eigenvalue weighted by molar-refractivity contribution is 7.99. The lowest BCUT2D eigenvalue weighted by Crippen LogP contribution is -2.41. The highest BCUT2D eigenvalue weighted by Gasteiger charge is 2.41. The fraction of sp³-hybridized carbons (Fsp3) is 0.800. The monoisotopic (exact) mass is 295 g/mol. The van der Waals surface area contributed by atoms with Crippen LogP contribution in [0.3, 0.4) is 0 Å². The van der Waals surface area contributed by atoms with E-state index in [1.807, 2.05) is 18.7 Å². The van der Waals surface area contributed by atoms with Gasteiger partial charge in [0.05, 0.1) is 17.3 Å². The molecule has 2 aliphatic rings. The molecule has 2 saturated heterocycles.